The molecule has 0 saturated heterocycles. The number of nitrogens with one attached hydrogen (secondary N) is 3. The predicted molar refractivity (Wildman–Crippen MR) is 163 cm³/mol. The first-order valence-electron chi connectivity index (χ1n) is 13.7. The molecule has 0 atom stereocenters. The number of H-pyrrole nitrogens is 2. The van der Waals surface area contributed by atoms with Gasteiger partial charge in [-0.2, -0.15) is 5.10 Å². The van der Waals surface area contributed by atoms with Crippen molar-refractivity contribution in [3.8, 4) is 45.4 Å². The van der Waals surface area contributed by atoms with Gasteiger partial charge in [-0.25, -0.2) is 9.97 Å². The Hall–Kier alpha value is -6.03. The molecule has 0 fully saturated rings. The number of carbonyl (C=O) groups is 1. The van der Waals surface area contributed by atoms with Gasteiger partial charge in [0.2, 0.25) is 12.7 Å². The summed E-state index contributed by atoms with van der Waals surface area (Å²) in [5.41, 5.74) is 8.67. The number of carbonyl (C=O) groups excluding carboxylic acids is 1. The second-order valence-electron chi connectivity index (χ2n) is 10.2. The van der Waals surface area contributed by atoms with E-state index in [4.69, 9.17) is 19.4 Å². The molecule has 208 valence electrons. The topological polar surface area (TPSA) is 131 Å². The van der Waals surface area contributed by atoms with Crippen molar-refractivity contribution in [2.75, 3.05) is 12.1 Å². The van der Waals surface area contributed by atoms with Crippen molar-refractivity contribution in [2.24, 2.45) is 0 Å². The predicted octanol–water partition coefficient (Wildman–Crippen LogP) is 6.14. The molecule has 5 heterocycles. The number of fused-ring (bicyclic) bond motifs is 3. The Kier molecular flexibility index (Phi) is 5.82. The number of nitrogens with zero attached hydrogens (tertiary/aromatic N) is 4. The van der Waals surface area contributed by atoms with Crippen LogP contribution in [-0.2, 0) is 11.2 Å². The zero-order valence-corrected chi connectivity index (χ0v) is 22.7. The van der Waals surface area contributed by atoms with Crippen LogP contribution < -0.4 is 14.8 Å². The molecule has 4 aromatic heterocycles. The van der Waals surface area contributed by atoms with Crippen molar-refractivity contribution in [1.82, 2.24) is 30.1 Å². The van der Waals surface area contributed by atoms with Crippen LogP contribution in [-0.4, -0.2) is 42.8 Å². The molecule has 0 radical (unpaired) electrons. The zero-order valence-electron chi connectivity index (χ0n) is 22.7. The van der Waals surface area contributed by atoms with Crippen LogP contribution in [0.15, 0.2) is 97.3 Å². The number of aromatic nitrogens is 6. The molecule has 0 bridgehead atoms. The molecule has 0 unspecified atom stereocenters. The highest BCUT2D eigenvalue weighted by atomic mass is 16.7. The second kappa shape index (κ2) is 10.1. The summed E-state index contributed by atoms with van der Waals surface area (Å²) in [6.07, 6.45) is 3.63. The molecule has 0 spiro atoms. The third-order valence-electron chi connectivity index (χ3n) is 7.35. The van der Waals surface area contributed by atoms with Gasteiger partial charge < -0.3 is 19.8 Å². The molecular weight excluding hydrogens is 542 g/mol. The average molecular weight is 566 g/mol. The summed E-state index contributed by atoms with van der Waals surface area (Å²) in [6, 6.07) is 27.2. The van der Waals surface area contributed by atoms with Gasteiger partial charge in [-0.1, -0.05) is 48.5 Å². The van der Waals surface area contributed by atoms with E-state index in [2.05, 4.69) is 25.5 Å². The Balaban J connectivity index is 1.11. The zero-order chi connectivity index (χ0) is 28.8. The normalized spacial score (nSPS) is 12.2. The largest absolute Gasteiger partial charge is 0.454 e. The van der Waals surface area contributed by atoms with Crippen LogP contribution in [0.1, 0.15) is 5.56 Å². The minimum atomic E-state index is -0.115. The third-order valence-corrected chi connectivity index (χ3v) is 7.35. The summed E-state index contributed by atoms with van der Waals surface area (Å²) in [6.45, 7) is 0.222. The fraction of sp³-hybridized carbons (Fsp3) is 0.0606. The van der Waals surface area contributed by atoms with Crippen molar-refractivity contribution < 1.29 is 14.3 Å². The summed E-state index contributed by atoms with van der Waals surface area (Å²) >= 11 is 0. The van der Waals surface area contributed by atoms with Crippen LogP contribution in [0.4, 0.5) is 5.69 Å². The smallest absolute Gasteiger partial charge is 0.231 e. The van der Waals surface area contributed by atoms with Crippen LogP contribution in [0.2, 0.25) is 0 Å². The molecular formula is C33H23N7O3. The number of hydrogen-bond acceptors (Lipinski definition) is 7. The van der Waals surface area contributed by atoms with Crippen LogP contribution in [0, 0.1) is 0 Å². The maximum Gasteiger partial charge on any atom is 0.231 e. The number of hydrogen-bond donors (Lipinski definition) is 3. The van der Waals surface area contributed by atoms with Crippen molar-refractivity contribution in [3.05, 3.63) is 103 Å². The van der Waals surface area contributed by atoms with E-state index in [1.807, 2.05) is 84.9 Å². The molecule has 0 aliphatic carbocycles. The Bertz CT molecular complexity index is 2150. The average Bonchev–Trinajstić information content (AvgIpc) is 3.79. The number of para-hydroxylation sites is 1. The van der Waals surface area contributed by atoms with E-state index in [-0.39, 0.29) is 19.1 Å². The molecule has 1 amide bonds. The van der Waals surface area contributed by atoms with E-state index in [0.29, 0.717) is 28.4 Å². The molecule has 3 aromatic carbocycles. The lowest BCUT2D eigenvalue weighted by molar-refractivity contribution is -0.115. The Morgan fingerprint density at radius 2 is 1.72 bits per heavy atom. The van der Waals surface area contributed by atoms with Crippen molar-refractivity contribution in [2.45, 2.75) is 6.42 Å². The van der Waals surface area contributed by atoms with E-state index in [1.54, 1.807) is 12.4 Å². The molecule has 1 aliphatic rings. The van der Waals surface area contributed by atoms with E-state index in [1.165, 1.54) is 0 Å². The van der Waals surface area contributed by atoms with Crippen LogP contribution >= 0.6 is 0 Å². The summed E-state index contributed by atoms with van der Waals surface area (Å²) in [5.74, 6) is 1.93. The maximum atomic E-state index is 12.6. The fourth-order valence-electron chi connectivity index (χ4n) is 5.30. The van der Waals surface area contributed by atoms with Gasteiger partial charge in [0.05, 0.1) is 40.5 Å². The van der Waals surface area contributed by atoms with Gasteiger partial charge in [0.15, 0.2) is 23.0 Å². The first kappa shape index (κ1) is 24.7. The highest BCUT2D eigenvalue weighted by Crippen LogP contribution is 2.38. The Morgan fingerprint density at radius 1 is 0.814 bits per heavy atom. The molecule has 8 rings (SSSR count). The number of rotatable bonds is 6. The number of imidazole rings is 1. The van der Waals surface area contributed by atoms with Crippen LogP contribution in [0.5, 0.6) is 11.5 Å². The Labute approximate surface area is 244 Å². The number of pyridine rings is 2. The molecule has 1 aliphatic heterocycles. The SMILES string of the molecule is O=C(Cc1ccccc1)Nc1cncc(-c2ccc3[nH]nc(-c4nc5c(-c6ccc7c(c6)OCO7)cccc5[nH]4)c3n2)c1. The van der Waals surface area contributed by atoms with E-state index in [9.17, 15) is 4.79 Å². The number of amides is 1. The molecule has 43 heavy (non-hydrogen) atoms. The minimum Gasteiger partial charge on any atom is -0.454 e. The highest BCUT2D eigenvalue weighted by molar-refractivity contribution is 5.97. The lowest BCUT2D eigenvalue weighted by Crippen LogP contribution is -2.14. The van der Waals surface area contributed by atoms with Crippen molar-refractivity contribution in [3.63, 3.8) is 0 Å². The number of benzene rings is 3. The minimum absolute atomic E-state index is 0.115. The van der Waals surface area contributed by atoms with Crippen LogP contribution in [0.25, 0.3) is 56.0 Å². The summed E-state index contributed by atoms with van der Waals surface area (Å²) in [4.78, 5) is 30.3. The second-order valence-corrected chi connectivity index (χ2v) is 10.2. The summed E-state index contributed by atoms with van der Waals surface area (Å²) < 4.78 is 11.1. The van der Waals surface area contributed by atoms with Gasteiger partial charge >= 0.3 is 0 Å². The first-order chi connectivity index (χ1) is 21.2. The van der Waals surface area contributed by atoms with Gasteiger partial charge in [0, 0.05) is 17.3 Å². The van der Waals surface area contributed by atoms with Crippen molar-refractivity contribution in [1.29, 1.82) is 0 Å². The van der Waals surface area contributed by atoms with Gasteiger partial charge in [-0.15, -0.1) is 0 Å². The molecule has 0 saturated carbocycles. The Morgan fingerprint density at radius 3 is 2.65 bits per heavy atom. The number of ether oxygens (including phenoxy) is 2. The maximum absolute atomic E-state index is 12.6. The van der Waals surface area contributed by atoms with Gasteiger partial charge in [0.25, 0.3) is 0 Å². The van der Waals surface area contributed by atoms with E-state index in [0.717, 1.165) is 50.3 Å². The highest BCUT2D eigenvalue weighted by Gasteiger charge is 2.19. The molecule has 10 nitrogen and oxygen atoms in total. The van der Waals surface area contributed by atoms with Gasteiger partial charge in [-0.3, -0.25) is 14.9 Å². The lowest BCUT2D eigenvalue weighted by Gasteiger charge is -2.07. The van der Waals surface area contributed by atoms with Gasteiger partial charge in [-0.05, 0) is 47.5 Å². The summed E-state index contributed by atoms with van der Waals surface area (Å²) in [5, 5.41) is 10.6. The lowest BCUT2D eigenvalue weighted by atomic mass is 10.0. The summed E-state index contributed by atoms with van der Waals surface area (Å²) in [7, 11) is 0. The van der Waals surface area contributed by atoms with E-state index < -0.39 is 0 Å². The molecule has 7 aromatic rings. The molecule has 10 heteroatoms. The number of anilines is 1. The van der Waals surface area contributed by atoms with Crippen molar-refractivity contribution >= 4 is 33.7 Å². The number of aromatic amines is 2. The molecule has 3 N–H and O–H groups in total. The first-order valence-corrected chi connectivity index (χ1v) is 13.7. The standard InChI is InChI=1S/C33H23N7O3/c41-29(13-19-5-2-1-3-6-19)35-22-14-21(16-34-17-22)24-10-11-26-31(36-24)32(40-39-26)33-37-25-8-4-7-23(30(25)38-33)20-9-12-27-28(15-20)43-18-42-27/h1-12,14-17H,13,18H2,(H,35,41)(H,37,38)(H,39,40). The third kappa shape index (κ3) is 4.60. The quantitative estimate of drug-likeness (QED) is 0.221. The monoisotopic (exact) mass is 565 g/mol. The van der Waals surface area contributed by atoms with Crippen LogP contribution in [0.3, 0.4) is 0 Å². The fourth-order valence-corrected chi connectivity index (χ4v) is 5.30. The van der Waals surface area contributed by atoms with E-state index >= 15 is 0 Å². The van der Waals surface area contributed by atoms with Gasteiger partial charge in [0.1, 0.15) is 5.52 Å².